The number of amides is 1. The van der Waals surface area contributed by atoms with Gasteiger partial charge in [-0.1, -0.05) is 28.6 Å². The highest BCUT2D eigenvalue weighted by Crippen LogP contribution is 2.38. The lowest BCUT2D eigenvalue weighted by atomic mass is 10.2. The van der Waals surface area contributed by atoms with Crippen molar-refractivity contribution in [3.05, 3.63) is 63.6 Å². The zero-order chi connectivity index (χ0) is 19.6. The number of carbonyl (C=O) groups excluding carboxylic acids is 1. The average Bonchev–Trinajstić information content (AvgIpc) is 2.66. The van der Waals surface area contributed by atoms with Gasteiger partial charge in [0.1, 0.15) is 12.4 Å². The molecule has 0 unspecified atom stereocenters. The molecule has 0 saturated carbocycles. The second-order valence-corrected chi connectivity index (χ2v) is 6.94. The third kappa shape index (κ3) is 6.73. The van der Waals surface area contributed by atoms with Crippen LogP contribution in [0.4, 0.5) is 0 Å². The van der Waals surface area contributed by atoms with Crippen molar-refractivity contribution >= 4 is 44.0 Å². The first kappa shape index (κ1) is 21.0. The number of nitrogens with one attached hydrogen (secondary N) is 1. The number of hydrogen-bond acceptors (Lipinski definition) is 5. The number of benzene rings is 2. The molecule has 0 heterocycles. The van der Waals surface area contributed by atoms with Crippen LogP contribution in [0.1, 0.15) is 5.56 Å². The highest BCUT2D eigenvalue weighted by Gasteiger charge is 2.12. The topological polar surface area (TPSA) is 69.2 Å². The number of ether oxygens (including phenoxy) is 3. The lowest BCUT2D eigenvalue weighted by molar-refractivity contribution is -0.123. The number of halogens is 2. The first-order valence-electron chi connectivity index (χ1n) is 7.85. The second-order valence-electron chi connectivity index (χ2n) is 5.17. The van der Waals surface area contributed by atoms with E-state index in [2.05, 4.69) is 49.0 Å². The number of hydrazone groups is 1. The van der Waals surface area contributed by atoms with Gasteiger partial charge in [-0.05, 0) is 57.9 Å². The van der Waals surface area contributed by atoms with Gasteiger partial charge in [-0.25, -0.2) is 5.43 Å². The van der Waals surface area contributed by atoms with E-state index in [1.54, 1.807) is 18.2 Å². The van der Waals surface area contributed by atoms with Gasteiger partial charge in [-0.2, -0.15) is 5.10 Å². The summed E-state index contributed by atoms with van der Waals surface area (Å²) < 4.78 is 17.7. The Hall–Kier alpha value is -2.32. The molecular weight excluding hydrogens is 480 g/mol. The Balaban J connectivity index is 1.86. The van der Waals surface area contributed by atoms with Gasteiger partial charge in [0, 0.05) is 4.47 Å². The Morgan fingerprint density at radius 2 is 1.96 bits per heavy atom. The van der Waals surface area contributed by atoms with E-state index in [4.69, 9.17) is 14.2 Å². The van der Waals surface area contributed by atoms with Crippen LogP contribution >= 0.6 is 31.9 Å². The van der Waals surface area contributed by atoms with Gasteiger partial charge in [0.05, 0.1) is 17.8 Å². The summed E-state index contributed by atoms with van der Waals surface area (Å²) in [6.45, 7) is 3.84. The van der Waals surface area contributed by atoms with Gasteiger partial charge < -0.3 is 14.2 Å². The maximum absolute atomic E-state index is 11.9. The molecule has 0 aromatic heterocycles. The van der Waals surface area contributed by atoms with E-state index >= 15 is 0 Å². The first-order valence-corrected chi connectivity index (χ1v) is 9.43. The van der Waals surface area contributed by atoms with E-state index in [1.165, 1.54) is 13.3 Å². The fourth-order valence-corrected chi connectivity index (χ4v) is 3.28. The zero-order valence-corrected chi connectivity index (χ0v) is 17.7. The van der Waals surface area contributed by atoms with Crippen molar-refractivity contribution in [2.75, 3.05) is 20.3 Å². The first-order chi connectivity index (χ1) is 13.0. The Bertz CT molecular complexity index is 823. The molecule has 0 bridgehead atoms. The molecular formula is C19H18Br2N2O4. The van der Waals surface area contributed by atoms with Gasteiger partial charge in [-0.3, -0.25) is 4.79 Å². The van der Waals surface area contributed by atoms with Crippen LogP contribution in [0.15, 0.2) is 63.1 Å². The lowest BCUT2D eigenvalue weighted by Crippen LogP contribution is -2.24. The standard InChI is InChI=1S/C19H18Br2N2O4/c1-3-8-26-15-6-4-13(5-7-15)11-22-23-18(24)12-27-19-16(21)9-14(20)10-17(19)25-2/h3-7,9-11H,1,8,12H2,2H3,(H,23,24). The van der Waals surface area contributed by atoms with Gasteiger partial charge in [-0.15, -0.1) is 0 Å². The molecule has 0 fully saturated rings. The molecule has 0 radical (unpaired) electrons. The molecule has 0 atom stereocenters. The molecule has 1 N–H and O–H groups in total. The fourth-order valence-electron chi connectivity index (χ4n) is 1.98. The van der Waals surface area contributed by atoms with Gasteiger partial charge in [0.25, 0.3) is 5.91 Å². The third-order valence-corrected chi connectivity index (χ3v) is 4.24. The smallest absolute Gasteiger partial charge is 0.277 e. The molecule has 0 aliphatic rings. The quantitative estimate of drug-likeness (QED) is 0.318. The van der Waals surface area contributed by atoms with Crippen molar-refractivity contribution in [1.29, 1.82) is 0 Å². The Labute approximate surface area is 174 Å². The van der Waals surface area contributed by atoms with E-state index in [9.17, 15) is 4.79 Å². The molecule has 0 spiro atoms. The number of hydrogen-bond donors (Lipinski definition) is 1. The molecule has 2 aromatic rings. The molecule has 27 heavy (non-hydrogen) atoms. The van der Waals surface area contributed by atoms with Crippen LogP contribution in [0.2, 0.25) is 0 Å². The predicted octanol–water partition coefficient (Wildman–Crippen LogP) is 4.31. The summed E-state index contributed by atoms with van der Waals surface area (Å²) in [7, 11) is 1.53. The molecule has 142 valence electrons. The number of carbonyl (C=O) groups is 1. The molecule has 8 heteroatoms. The maximum atomic E-state index is 11.9. The minimum absolute atomic E-state index is 0.206. The van der Waals surface area contributed by atoms with E-state index < -0.39 is 5.91 Å². The molecule has 1 amide bonds. The molecule has 6 nitrogen and oxygen atoms in total. The Morgan fingerprint density at radius 1 is 1.22 bits per heavy atom. The summed E-state index contributed by atoms with van der Waals surface area (Å²) in [5.74, 6) is 1.29. The summed E-state index contributed by atoms with van der Waals surface area (Å²) in [4.78, 5) is 11.9. The second kappa shape index (κ2) is 10.7. The highest BCUT2D eigenvalue weighted by molar-refractivity contribution is 9.11. The van der Waals surface area contributed by atoms with Crippen LogP contribution in [0, 0.1) is 0 Å². The number of nitrogens with zero attached hydrogens (tertiary/aromatic N) is 1. The van der Waals surface area contributed by atoms with Crippen LogP contribution in [0.3, 0.4) is 0 Å². The maximum Gasteiger partial charge on any atom is 0.277 e. The molecule has 0 saturated heterocycles. The minimum atomic E-state index is -0.394. The minimum Gasteiger partial charge on any atom is -0.493 e. The summed E-state index contributed by atoms with van der Waals surface area (Å²) >= 11 is 6.75. The van der Waals surface area contributed by atoms with Crippen molar-refractivity contribution < 1.29 is 19.0 Å². The van der Waals surface area contributed by atoms with E-state index in [-0.39, 0.29) is 6.61 Å². The molecule has 0 aliphatic carbocycles. The van der Waals surface area contributed by atoms with Crippen molar-refractivity contribution in [3.8, 4) is 17.2 Å². The van der Waals surface area contributed by atoms with Crippen molar-refractivity contribution in [3.63, 3.8) is 0 Å². The van der Waals surface area contributed by atoms with Crippen LogP contribution in [0.25, 0.3) is 0 Å². The zero-order valence-electron chi connectivity index (χ0n) is 14.6. The summed E-state index contributed by atoms with van der Waals surface area (Å²) in [6.07, 6.45) is 3.21. The summed E-state index contributed by atoms with van der Waals surface area (Å²) in [5, 5.41) is 3.91. The van der Waals surface area contributed by atoms with Crippen LogP contribution in [0.5, 0.6) is 17.2 Å². The van der Waals surface area contributed by atoms with Crippen LogP contribution in [-0.4, -0.2) is 32.4 Å². The predicted molar refractivity (Wildman–Crippen MR) is 112 cm³/mol. The van der Waals surface area contributed by atoms with E-state index in [0.29, 0.717) is 22.6 Å². The lowest BCUT2D eigenvalue weighted by Gasteiger charge is -2.12. The monoisotopic (exact) mass is 496 g/mol. The highest BCUT2D eigenvalue weighted by atomic mass is 79.9. The molecule has 2 aromatic carbocycles. The SMILES string of the molecule is C=CCOc1ccc(C=NNC(=O)COc2c(Br)cc(Br)cc2OC)cc1. The van der Waals surface area contributed by atoms with Gasteiger partial charge >= 0.3 is 0 Å². The van der Waals surface area contributed by atoms with Crippen molar-refractivity contribution in [2.24, 2.45) is 5.10 Å². The number of rotatable bonds is 9. The van der Waals surface area contributed by atoms with Crippen LogP contribution in [-0.2, 0) is 4.79 Å². The van der Waals surface area contributed by atoms with E-state index in [1.807, 2.05) is 24.3 Å². The van der Waals surface area contributed by atoms with Gasteiger partial charge in [0.2, 0.25) is 0 Å². The molecule has 2 rings (SSSR count). The fraction of sp³-hybridized carbons (Fsp3) is 0.158. The molecule has 0 aliphatic heterocycles. The van der Waals surface area contributed by atoms with Crippen LogP contribution < -0.4 is 19.6 Å². The van der Waals surface area contributed by atoms with Gasteiger partial charge in [0.15, 0.2) is 18.1 Å². The van der Waals surface area contributed by atoms with Crippen molar-refractivity contribution in [2.45, 2.75) is 0 Å². The Kier molecular flexibility index (Phi) is 8.35. The average molecular weight is 498 g/mol. The number of methoxy groups -OCH3 is 1. The van der Waals surface area contributed by atoms with E-state index in [0.717, 1.165) is 15.8 Å². The summed E-state index contributed by atoms with van der Waals surface area (Å²) in [6, 6.07) is 10.8. The van der Waals surface area contributed by atoms with Crippen molar-refractivity contribution in [1.82, 2.24) is 5.43 Å². The third-order valence-electron chi connectivity index (χ3n) is 3.19. The largest absolute Gasteiger partial charge is 0.493 e. The summed E-state index contributed by atoms with van der Waals surface area (Å²) in [5.41, 5.74) is 3.23. The Morgan fingerprint density at radius 3 is 2.63 bits per heavy atom. The normalized spacial score (nSPS) is 10.5.